The molecule has 22 heavy (non-hydrogen) atoms. The van der Waals surface area contributed by atoms with Crippen LogP contribution in [-0.4, -0.2) is 53.9 Å². The summed E-state index contributed by atoms with van der Waals surface area (Å²) >= 11 is 0. The molecule has 1 aliphatic carbocycles. The number of nitrogens with two attached hydrogens (primary N) is 1. The second-order valence-corrected chi connectivity index (χ2v) is 6.18. The average Bonchev–Trinajstić information content (AvgIpc) is 2.79. The average molecular weight is 307 g/mol. The van der Waals surface area contributed by atoms with E-state index >= 15 is 0 Å². The highest BCUT2D eigenvalue weighted by Gasteiger charge is 2.65. The van der Waals surface area contributed by atoms with Crippen molar-refractivity contribution in [2.24, 2.45) is 5.92 Å². The highest BCUT2D eigenvalue weighted by molar-refractivity contribution is 5.58. The van der Waals surface area contributed by atoms with Gasteiger partial charge < -0.3 is 25.4 Å². The smallest absolute Gasteiger partial charge is 0.196 e. The van der Waals surface area contributed by atoms with Gasteiger partial charge in [-0.2, -0.15) is 5.10 Å². The van der Waals surface area contributed by atoms with Crippen molar-refractivity contribution in [3.8, 4) is 0 Å². The van der Waals surface area contributed by atoms with Gasteiger partial charge in [-0.05, 0) is 13.8 Å². The van der Waals surface area contributed by atoms with Crippen molar-refractivity contribution in [1.82, 2.24) is 19.6 Å². The fourth-order valence-corrected chi connectivity index (χ4v) is 3.05. The molecule has 2 unspecified atom stereocenters. The lowest BCUT2D eigenvalue weighted by Gasteiger charge is -2.28. The largest absolute Gasteiger partial charge is 0.390 e. The van der Waals surface area contributed by atoms with Gasteiger partial charge in [-0.3, -0.25) is 0 Å². The van der Waals surface area contributed by atoms with Crippen molar-refractivity contribution in [3.63, 3.8) is 0 Å². The molecule has 0 amide bonds. The van der Waals surface area contributed by atoms with E-state index < -0.39 is 24.1 Å². The van der Waals surface area contributed by atoms with Crippen LogP contribution in [0.1, 0.15) is 25.6 Å². The molecular weight excluding hydrogens is 290 g/mol. The van der Waals surface area contributed by atoms with Crippen LogP contribution >= 0.6 is 0 Å². The fourth-order valence-electron chi connectivity index (χ4n) is 3.05. The molecule has 1 saturated heterocycles. The lowest BCUT2D eigenvalue weighted by Crippen LogP contribution is -2.35. The van der Waals surface area contributed by atoms with Gasteiger partial charge in [-0.25, -0.2) is 14.5 Å². The van der Waals surface area contributed by atoms with Crippen LogP contribution in [0.25, 0.3) is 5.65 Å². The number of fused-ring (bicyclic) bond motifs is 2. The van der Waals surface area contributed by atoms with Gasteiger partial charge in [0.05, 0.1) is 24.1 Å². The molecule has 2 aromatic heterocycles. The van der Waals surface area contributed by atoms with Crippen LogP contribution in [-0.2, 0) is 9.47 Å². The number of aliphatic hydroxyl groups is 2. The zero-order valence-corrected chi connectivity index (χ0v) is 12.1. The monoisotopic (exact) mass is 307 g/mol. The fraction of sp³-hybridized carbons (Fsp3) is 0.615. The summed E-state index contributed by atoms with van der Waals surface area (Å²) in [5.74, 6) is -1.23. The van der Waals surface area contributed by atoms with Gasteiger partial charge in [0.25, 0.3) is 0 Å². The Morgan fingerprint density at radius 3 is 2.91 bits per heavy atom. The number of aromatic nitrogens is 4. The molecular formula is C13H17N5O4. The van der Waals surface area contributed by atoms with Gasteiger partial charge in [0.1, 0.15) is 18.5 Å². The van der Waals surface area contributed by atoms with E-state index in [1.807, 2.05) is 0 Å². The van der Waals surface area contributed by atoms with Crippen LogP contribution in [0.2, 0.25) is 0 Å². The minimum Gasteiger partial charge on any atom is -0.390 e. The summed E-state index contributed by atoms with van der Waals surface area (Å²) in [6, 6.07) is 0. The Bertz CT molecular complexity index is 727. The molecule has 0 bridgehead atoms. The Morgan fingerprint density at radius 1 is 1.41 bits per heavy atom. The van der Waals surface area contributed by atoms with Crippen molar-refractivity contribution in [3.05, 3.63) is 18.2 Å². The minimum absolute atomic E-state index is 0.166. The summed E-state index contributed by atoms with van der Waals surface area (Å²) in [5, 5.41) is 23.9. The lowest BCUT2D eigenvalue weighted by atomic mass is 10.1. The Hall–Kier alpha value is -1.81. The lowest BCUT2D eigenvalue weighted by molar-refractivity contribution is -0.227. The molecule has 3 heterocycles. The normalized spacial score (nSPS) is 34.1. The van der Waals surface area contributed by atoms with Gasteiger partial charge in [0.15, 0.2) is 17.3 Å². The first-order valence-corrected chi connectivity index (χ1v) is 7.04. The molecule has 118 valence electrons. The van der Waals surface area contributed by atoms with E-state index in [1.165, 1.54) is 6.33 Å². The summed E-state index contributed by atoms with van der Waals surface area (Å²) < 4.78 is 13.1. The molecule has 2 aliphatic rings. The summed E-state index contributed by atoms with van der Waals surface area (Å²) in [5.41, 5.74) is 6.86. The molecule has 2 aromatic rings. The number of imidazole rings is 1. The van der Waals surface area contributed by atoms with Crippen LogP contribution < -0.4 is 5.73 Å². The molecule has 4 N–H and O–H groups in total. The second-order valence-electron chi connectivity index (χ2n) is 6.18. The van der Waals surface area contributed by atoms with E-state index in [0.717, 1.165) is 0 Å². The van der Waals surface area contributed by atoms with Crippen LogP contribution in [0, 0.1) is 5.92 Å². The summed E-state index contributed by atoms with van der Waals surface area (Å²) in [6.45, 7) is 3.08. The van der Waals surface area contributed by atoms with E-state index in [4.69, 9.17) is 15.2 Å². The van der Waals surface area contributed by atoms with Gasteiger partial charge >= 0.3 is 0 Å². The topological polar surface area (TPSA) is 128 Å². The number of aliphatic hydroxyl groups excluding tert-OH is 1. The number of rotatable bonds is 3. The van der Waals surface area contributed by atoms with Crippen LogP contribution in [0.3, 0.4) is 0 Å². The molecule has 4 rings (SSSR count). The van der Waals surface area contributed by atoms with Gasteiger partial charge in [-0.15, -0.1) is 0 Å². The highest BCUT2D eigenvalue weighted by Crippen LogP contribution is 2.53. The predicted octanol–water partition coefficient (Wildman–Crippen LogP) is -0.749. The molecule has 9 nitrogen and oxygen atoms in total. The molecule has 2 fully saturated rings. The number of anilines is 1. The van der Waals surface area contributed by atoms with Gasteiger partial charge in [0.2, 0.25) is 0 Å². The van der Waals surface area contributed by atoms with Crippen molar-refractivity contribution >= 4 is 11.5 Å². The first-order chi connectivity index (χ1) is 10.4. The summed E-state index contributed by atoms with van der Waals surface area (Å²) in [6.07, 6.45) is 1.10. The quantitative estimate of drug-likeness (QED) is 0.632. The molecule has 0 aromatic carbocycles. The van der Waals surface area contributed by atoms with Crippen LogP contribution in [0.5, 0.6) is 0 Å². The van der Waals surface area contributed by atoms with Crippen molar-refractivity contribution in [2.75, 3.05) is 5.73 Å². The maximum absolute atomic E-state index is 9.95. The van der Waals surface area contributed by atoms with E-state index in [2.05, 4.69) is 15.1 Å². The zero-order chi connectivity index (χ0) is 15.6. The molecule has 5 atom stereocenters. The Kier molecular flexibility index (Phi) is 2.74. The van der Waals surface area contributed by atoms with Crippen molar-refractivity contribution < 1.29 is 19.7 Å². The zero-order valence-electron chi connectivity index (χ0n) is 12.1. The molecule has 9 heteroatoms. The first-order valence-electron chi connectivity index (χ1n) is 7.04. The Morgan fingerprint density at radius 2 is 2.18 bits per heavy atom. The molecule has 0 radical (unpaired) electrons. The Labute approximate surface area is 125 Å². The third-order valence-electron chi connectivity index (χ3n) is 4.02. The van der Waals surface area contributed by atoms with Crippen molar-refractivity contribution in [1.29, 1.82) is 0 Å². The third-order valence-corrected chi connectivity index (χ3v) is 4.02. The van der Waals surface area contributed by atoms with Gasteiger partial charge in [0, 0.05) is 5.92 Å². The molecule has 1 aliphatic heterocycles. The van der Waals surface area contributed by atoms with E-state index in [-0.39, 0.29) is 17.8 Å². The van der Waals surface area contributed by atoms with Gasteiger partial charge in [-0.1, -0.05) is 0 Å². The highest BCUT2D eigenvalue weighted by atomic mass is 16.7. The number of hydrogen-bond acceptors (Lipinski definition) is 8. The van der Waals surface area contributed by atoms with Crippen molar-refractivity contribution in [2.45, 2.75) is 44.1 Å². The summed E-state index contributed by atoms with van der Waals surface area (Å²) in [4.78, 5) is 8.10. The van der Waals surface area contributed by atoms with E-state index in [9.17, 15) is 10.2 Å². The number of ether oxygens (including phenoxy) is 2. The maximum Gasteiger partial charge on any atom is 0.196 e. The maximum atomic E-state index is 9.95. The SMILES string of the molecule is CC(C)(O)O[C@@H]1C2C(O)[C@H]2O[C@H]1c1cnc2c(N)ncnn12. The van der Waals surface area contributed by atoms with Crippen LogP contribution in [0.4, 0.5) is 5.82 Å². The summed E-state index contributed by atoms with van der Waals surface area (Å²) in [7, 11) is 0. The minimum atomic E-state index is -1.34. The van der Waals surface area contributed by atoms with E-state index in [1.54, 1.807) is 24.6 Å². The van der Waals surface area contributed by atoms with E-state index in [0.29, 0.717) is 11.3 Å². The number of nitrogen functional groups attached to an aromatic ring is 1. The predicted molar refractivity (Wildman–Crippen MR) is 73.5 cm³/mol. The number of hydrogen-bond donors (Lipinski definition) is 3. The molecule has 0 spiro atoms. The van der Waals surface area contributed by atoms with Crippen LogP contribution in [0.15, 0.2) is 12.5 Å². The third kappa shape index (κ3) is 1.97. The number of nitrogens with zero attached hydrogens (tertiary/aromatic N) is 4. The standard InChI is InChI=1S/C13H17N5O4/c1-13(2,20)22-10-6-7(19)9(6)21-8(10)5-3-15-12-11(14)16-4-17-18(5)12/h3-4,6-10,19-20H,1-2H3,(H2,14,16,17)/t6?,7?,8-,9-,10+/m0/s1. The first kappa shape index (κ1) is 13.8. The molecule has 1 saturated carbocycles. The second kappa shape index (κ2) is 4.35. The Balaban J connectivity index is 1.72.